The Kier molecular flexibility index (Phi) is 6.98. The third-order valence-corrected chi connectivity index (χ3v) is 7.84. The zero-order valence-electron chi connectivity index (χ0n) is 21.3. The number of hydrazone groups is 1. The van der Waals surface area contributed by atoms with Crippen LogP contribution in [-0.4, -0.2) is 26.5 Å². The van der Waals surface area contributed by atoms with Gasteiger partial charge in [-0.3, -0.25) is 19.7 Å². The average Bonchev–Trinajstić information content (AvgIpc) is 3.42. The number of H-pyrrole nitrogens is 1. The predicted molar refractivity (Wildman–Crippen MR) is 162 cm³/mol. The molecular formula is C31H20BrClN4O4. The number of halogens is 2. The summed E-state index contributed by atoms with van der Waals surface area (Å²) < 4.78 is 0.832. The second-order valence-electron chi connectivity index (χ2n) is 9.51. The minimum atomic E-state index is -0.713. The molecule has 4 aromatic carbocycles. The molecule has 8 nitrogen and oxygen atoms in total. The SMILES string of the molecule is O=C(c1ccccc1Cl)N1N=C(c2c(-c3ccccc3)c3cc(Br)ccc3[nH]c2=O)CC1c1cccc([N+](=O)[O-])c1. The first-order valence-electron chi connectivity index (χ1n) is 12.6. The number of nitro groups is 1. The summed E-state index contributed by atoms with van der Waals surface area (Å²) in [5, 5.41) is 18.6. The summed E-state index contributed by atoms with van der Waals surface area (Å²) in [5.74, 6) is -0.483. The monoisotopic (exact) mass is 626 g/mol. The summed E-state index contributed by atoms with van der Waals surface area (Å²) >= 11 is 9.92. The number of pyridine rings is 1. The van der Waals surface area contributed by atoms with E-state index in [1.54, 1.807) is 36.4 Å². The topological polar surface area (TPSA) is 109 Å². The first-order valence-corrected chi connectivity index (χ1v) is 13.8. The number of rotatable bonds is 5. The fraction of sp³-hybridized carbons (Fsp3) is 0.0645. The van der Waals surface area contributed by atoms with E-state index in [2.05, 4.69) is 20.9 Å². The van der Waals surface area contributed by atoms with E-state index < -0.39 is 16.9 Å². The summed E-state index contributed by atoms with van der Waals surface area (Å²) in [4.78, 5) is 41.6. The van der Waals surface area contributed by atoms with Crippen LogP contribution in [0, 0.1) is 10.1 Å². The number of non-ortho nitro benzene ring substituents is 1. The van der Waals surface area contributed by atoms with Gasteiger partial charge < -0.3 is 4.98 Å². The van der Waals surface area contributed by atoms with Gasteiger partial charge in [-0.15, -0.1) is 0 Å². The molecule has 1 aliphatic heterocycles. The summed E-state index contributed by atoms with van der Waals surface area (Å²) in [6.45, 7) is 0. The smallest absolute Gasteiger partial charge is 0.276 e. The van der Waals surface area contributed by atoms with Crippen molar-refractivity contribution in [3.8, 4) is 11.1 Å². The average molecular weight is 628 g/mol. The highest BCUT2D eigenvalue weighted by Crippen LogP contribution is 2.39. The second-order valence-corrected chi connectivity index (χ2v) is 10.8. The van der Waals surface area contributed by atoms with Gasteiger partial charge in [0, 0.05) is 39.5 Å². The Bertz CT molecular complexity index is 1940. The van der Waals surface area contributed by atoms with Crippen LogP contribution < -0.4 is 5.56 Å². The lowest BCUT2D eigenvalue weighted by atomic mass is 9.91. The maximum atomic E-state index is 13.9. The molecule has 0 bridgehead atoms. The molecule has 1 N–H and O–H groups in total. The Labute approximate surface area is 247 Å². The number of hydrogen-bond donors (Lipinski definition) is 1. The Morgan fingerprint density at radius 1 is 0.976 bits per heavy atom. The molecule has 10 heteroatoms. The Balaban J connectivity index is 1.58. The zero-order chi connectivity index (χ0) is 28.7. The molecule has 1 aliphatic rings. The highest BCUT2D eigenvalue weighted by atomic mass is 79.9. The van der Waals surface area contributed by atoms with Gasteiger partial charge in [0.25, 0.3) is 17.2 Å². The van der Waals surface area contributed by atoms with Crippen molar-refractivity contribution in [3.63, 3.8) is 0 Å². The number of aromatic nitrogens is 1. The second kappa shape index (κ2) is 10.8. The summed E-state index contributed by atoms with van der Waals surface area (Å²) in [7, 11) is 0. The minimum Gasteiger partial charge on any atom is -0.321 e. The zero-order valence-corrected chi connectivity index (χ0v) is 23.6. The molecule has 0 aliphatic carbocycles. The third-order valence-electron chi connectivity index (χ3n) is 7.02. The number of benzene rings is 4. The van der Waals surface area contributed by atoms with Crippen molar-refractivity contribution >= 4 is 55.7 Å². The maximum absolute atomic E-state index is 13.9. The summed E-state index contributed by atoms with van der Waals surface area (Å²) in [6.07, 6.45) is 0.153. The summed E-state index contributed by atoms with van der Waals surface area (Å²) in [5.41, 5.74) is 3.11. The van der Waals surface area contributed by atoms with Crippen LogP contribution in [0.1, 0.15) is 33.9 Å². The van der Waals surface area contributed by atoms with E-state index in [0.717, 1.165) is 15.4 Å². The van der Waals surface area contributed by atoms with Crippen LogP contribution in [0.25, 0.3) is 22.0 Å². The lowest BCUT2D eigenvalue weighted by molar-refractivity contribution is -0.384. The largest absolute Gasteiger partial charge is 0.321 e. The molecule has 1 atom stereocenters. The molecule has 0 saturated heterocycles. The Hall–Kier alpha value is -4.60. The molecular weight excluding hydrogens is 608 g/mol. The number of aromatic amines is 1. The van der Waals surface area contributed by atoms with Crippen molar-refractivity contribution in [1.29, 1.82) is 0 Å². The van der Waals surface area contributed by atoms with Gasteiger partial charge in [-0.2, -0.15) is 5.10 Å². The van der Waals surface area contributed by atoms with Crippen LogP contribution in [0.15, 0.2) is 111 Å². The fourth-order valence-corrected chi connectivity index (χ4v) is 5.73. The molecule has 0 spiro atoms. The normalized spacial score (nSPS) is 14.7. The molecule has 0 saturated carbocycles. The van der Waals surface area contributed by atoms with E-state index in [1.165, 1.54) is 17.1 Å². The number of amides is 1. The van der Waals surface area contributed by atoms with Gasteiger partial charge in [-0.1, -0.05) is 82.1 Å². The van der Waals surface area contributed by atoms with Gasteiger partial charge >= 0.3 is 0 Å². The minimum absolute atomic E-state index is 0.112. The van der Waals surface area contributed by atoms with Crippen molar-refractivity contribution < 1.29 is 9.72 Å². The van der Waals surface area contributed by atoms with Crippen molar-refractivity contribution in [3.05, 3.63) is 144 Å². The van der Waals surface area contributed by atoms with E-state index in [1.807, 2.05) is 48.5 Å². The van der Waals surface area contributed by atoms with Gasteiger partial charge in [0.15, 0.2) is 0 Å². The fourth-order valence-electron chi connectivity index (χ4n) is 5.16. The van der Waals surface area contributed by atoms with Crippen molar-refractivity contribution in [1.82, 2.24) is 9.99 Å². The third kappa shape index (κ3) is 4.94. The molecule has 2 heterocycles. The van der Waals surface area contributed by atoms with E-state index in [4.69, 9.17) is 16.7 Å². The van der Waals surface area contributed by atoms with Crippen LogP contribution in [-0.2, 0) is 0 Å². The standard InChI is InChI=1S/C31H20BrClN4O4/c32-20-13-14-25-23(16-20)28(18-7-2-1-3-8-18)29(30(38)34-25)26-17-27(19-9-6-10-21(15-19)37(40)41)36(35-26)31(39)22-11-4-5-12-24(22)33/h1-16,27H,17H2,(H,34,38). The van der Waals surface area contributed by atoms with Crippen LogP contribution in [0.3, 0.4) is 0 Å². The Morgan fingerprint density at radius 2 is 1.73 bits per heavy atom. The van der Waals surface area contributed by atoms with Gasteiger partial charge in [0.05, 0.1) is 32.8 Å². The number of fused-ring (bicyclic) bond motifs is 1. The van der Waals surface area contributed by atoms with E-state index in [0.29, 0.717) is 27.9 Å². The molecule has 1 aromatic heterocycles. The van der Waals surface area contributed by atoms with Gasteiger partial charge in [0.2, 0.25) is 0 Å². The number of hydrogen-bond acceptors (Lipinski definition) is 5. The molecule has 41 heavy (non-hydrogen) atoms. The van der Waals surface area contributed by atoms with Gasteiger partial charge in [-0.05, 0) is 41.5 Å². The molecule has 0 fully saturated rings. The number of nitrogens with one attached hydrogen (secondary N) is 1. The van der Waals surface area contributed by atoms with Crippen LogP contribution >= 0.6 is 27.5 Å². The van der Waals surface area contributed by atoms with Crippen LogP contribution in [0.5, 0.6) is 0 Å². The quantitative estimate of drug-likeness (QED) is 0.161. The molecule has 1 amide bonds. The molecule has 6 rings (SSSR count). The maximum Gasteiger partial charge on any atom is 0.276 e. The van der Waals surface area contributed by atoms with Gasteiger partial charge in [0.1, 0.15) is 0 Å². The first kappa shape index (κ1) is 26.6. The molecule has 0 radical (unpaired) electrons. The van der Waals surface area contributed by atoms with Crippen LogP contribution in [0.4, 0.5) is 5.69 Å². The number of nitro benzene ring substituents is 1. The van der Waals surface area contributed by atoms with Crippen molar-refractivity contribution in [2.24, 2.45) is 5.10 Å². The lowest BCUT2D eigenvalue weighted by Gasteiger charge is -2.22. The van der Waals surface area contributed by atoms with Gasteiger partial charge in [-0.25, -0.2) is 5.01 Å². The number of carbonyl (C=O) groups excluding carboxylic acids is 1. The molecule has 202 valence electrons. The highest BCUT2D eigenvalue weighted by Gasteiger charge is 2.37. The Morgan fingerprint density at radius 3 is 2.49 bits per heavy atom. The molecule has 5 aromatic rings. The predicted octanol–water partition coefficient (Wildman–Crippen LogP) is 7.51. The van der Waals surface area contributed by atoms with Crippen molar-refractivity contribution in [2.45, 2.75) is 12.5 Å². The summed E-state index contributed by atoms with van der Waals surface area (Å²) in [6, 6.07) is 27.1. The lowest BCUT2D eigenvalue weighted by Crippen LogP contribution is -2.27. The number of nitrogens with zero attached hydrogens (tertiary/aromatic N) is 3. The van der Waals surface area contributed by atoms with Crippen molar-refractivity contribution in [2.75, 3.05) is 0 Å². The first-order chi connectivity index (χ1) is 19.8. The van der Waals surface area contributed by atoms with E-state index in [9.17, 15) is 19.7 Å². The highest BCUT2D eigenvalue weighted by molar-refractivity contribution is 9.10. The van der Waals surface area contributed by atoms with Crippen LogP contribution in [0.2, 0.25) is 5.02 Å². The molecule has 1 unspecified atom stereocenters. The van der Waals surface area contributed by atoms with E-state index >= 15 is 0 Å². The van der Waals surface area contributed by atoms with E-state index in [-0.39, 0.29) is 28.3 Å². The number of carbonyl (C=O) groups is 1.